The summed E-state index contributed by atoms with van der Waals surface area (Å²) in [4.78, 5) is 12.1. The van der Waals surface area contributed by atoms with E-state index in [0.29, 0.717) is 11.6 Å². The van der Waals surface area contributed by atoms with Gasteiger partial charge in [-0.2, -0.15) is 0 Å². The van der Waals surface area contributed by atoms with Crippen LogP contribution in [0.3, 0.4) is 0 Å². The molecule has 3 N–H and O–H groups in total. The molecule has 1 aliphatic rings. The molecular formula is C14H19ClN2O2. The Morgan fingerprint density at radius 3 is 3.05 bits per heavy atom. The Balaban J connectivity index is 1.98. The number of aromatic hydroxyl groups is 1. The zero-order chi connectivity index (χ0) is 13.8. The second kappa shape index (κ2) is 6.26. The minimum atomic E-state index is -0.147. The third kappa shape index (κ3) is 3.61. The fourth-order valence-electron chi connectivity index (χ4n) is 2.38. The van der Waals surface area contributed by atoms with Gasteiger partial charge in [0.15, 0.2) is 0 Å². The predicted octanol–water partition coefficient (Wildman–Crippen LogP) is 2.76. The number of benzene rings is 1. The number of rotatable bonds is 3. The van der Waals surface area contributed by atoms with E-state index in [1.54, 1.807) is 12.1 Å². The summed E-state index contributed by atoms with van der Waals surface area (Å²) in [7, 11) is 0. The molecule has 0 spiro atoms. The number of nitrogens with one attached hydrogen (secondary N) is 2. The Bertz CT molecular complexity index is 465. The Morgan fingerprint density at radius 1 is 1.58 bits per heavy atom. The SMILES string of the molecule is CCC1CCNC(C(=O)Nc2ccc(O)c(Cl)c2)C1. The van der Waals surface area contributed by atoms with E-state index in [2.05, 4.69) is 17.6 Å². The summed E-state index contributed by atoms with van der Waals surface area (Å²) in [6, 6.07) is 4.51. The summed E-state index contributed by atoms with van der Waals surface area (Å²) in [5.41, 5.74) is 0.605. The fraction of sp³-hybridized carbons (Fsp3) is 0.500. The van der Waals surface area contributed by atoms with Crippen molar-refractivity contribution in [1.82, 2.24) is 5.32 Å². The van der Waals surface area contributed by atoms with Crippen molar-refractivity contribution in [2.45, 2.75) is 32.2 Å². The highest BCUT2D eigenvalue weighted by molar-refractivity contribution is 6.32. The Hall–Kier alpha value is -1.26. The monoisotopic (exact) mass is 282 g/mol. The molecule has 0 radical (unpaired) electrons. The molecule has 0 saturated carbocycles. The van der Waals surface area contributed by atoms with E-state index in [-0.39, 0.29) is 22.7 Å². The third-order valence-electron chi connectivity index (χ3n) is 3.62. The highest BCUT2D eigenvalue weighted by Gasteiger charge is 2.25. The van der Waals surface area contributed by atoms with Crippen LogP contribution in [-0.4, -0.2) is 23.6 Å². The van der Waals surface area contributed by atoms with Gasteiger partial charge in [0.25, 0.3) is 0 Å². The molecule has 1 aliphatic heterocycles. The lowest BCUT2D eigenvalue weighted by Gasteiger charge is -2.28. The van der Waals surface area contributed by atoms with Crippen LogP contribution in [0, 0.1) is 5.92 Å². The van der Waals surface area contributed by atoms with E-state index in [4.69, 9.17) is 11.6 Å². The zero-order valence-corrected chi connectivity index (χ0v) is 11.7. The molecule has 19 heavy (non-hydrogen) atoms. The molecule has 1 heterocycles. The summed E-state index contributed by atoms with van der Waals surface area (Å²) in [6.45, 7) is 3.04. The first kappa shape index (κ1) is 14.2. The smallest absolute Gasteiger partial charge is 0.241 e. The van der Waals surface area contributed by atoms with Crippen molar-refractivity contribution in [2.24, 2.45) is 5.92 Å². The van der Waals surface area contributed by atoms with Crippen molar-refractivity contribution >= 4 is 23.2 Å². The third-order valence-corrected chi connectivity index (χ3v) is 3.92. The Kier molecular flexibility index (Phi) is 4.66. The van der Waals surface area contributed by atoms with E-state index < -0.39 is 0 Å². The van der Waals surface area contributed by atoms with E-state index in [0.717, 1.165) is 25.8 Å². The van der Waals surface area contributed by atoms with Crippen LogP contribution >= 0.6 is 11.6 Å². The molecule has 104 valence electrons. The number of halogens is 1. The number of phenols is 1. The number of hydrogen-bond donors (Lipinski definition) is 3. The van der Waals surface area contributed by atoms with Crippen LogP contribution < -0.4 is 10.6 Å². The molecule has 2 atom stereocenters. The van der Waals surface area contributed by atoms with Crippen LogP contribution in [0.4, 0.5) is 5.69 Å². The minimum absolute atomic E-state index is 0.0153. The first-order chi connectivity index (χ1) is 9.10. The van der Waals surface area contributed by atoms with Crippen LogP contribution in [0.5, 0.6) is 5.75 Å². The summed E-state index contributed by atoms with van der Waals surface area (Å²) in [5.74, 6) is 0.585. The lowest BCUT2D eigenvalue weighted by atomic mass is 9.90. The average Bonchev–Trinajstić information content (AvgIpc) is 2.43. The minimum Gasteiger partial charge on any atom is -0.506 e. The second-order valence-corrected chi connectivity index (χ2v) is 5.37. The Morgan fingerprint density at radius 2 is 2.37 bits per heavy atom. The Labute approximate surface area is 118 Å². The first-order valence-corrected chi connectivity index (χ1v) is 7.00. The van der Waals surface area contributed by atoms with E-state index in [1.807, 2.05) is 0 Å². The molecule has 0 aromatic heterocycles. The average molecular weight is 283 g/mol. The number of piperidine rings is 1. The van der Waals surface area contributed by atoms with Crippen molar-refractivity contribution < 1.29 is 9.90 Å². The van der Waals surface area contributed by atoms with Gasteiger partial charge in [0.1, 0.15) is 5.75 Å². The van der Waals surface area contributed by atoms with E-state index >= 15 is 0 Å². The lowest BCUT2D eigenvalue weighted by molar-refractivity contribution is -0.119. The predicted molar refractivity (Wildman–Crippen MR) is 76.6 cm³/mol. The van der Waals surface area contributed by atoms with Crippen molar-refractivity contribution in [2.75, 3.05) is 11.9 Å². The maximum absolute atomic E-state index is 12.1. The second-order valence-electron chi connectivity index (χ2n) is 4.96. The summed E-state index contributed by atoms with van der Waals surface area (Å²) in [5, 5.41) is 15.6. The summed E-state index contributed by atoms with van der Waals surface area (Å²) < 4.78 is 0. The van der Waals surface area contributed by atoms with Crippen LogP contribution in [-0.2, 0) is 4.79 Å². The summed E-state index contributed by atoms with van der Waals surface area (Å²) in [6.07, 6.45) is 3.11. The molecule has 1 aromatic rings. The number of anilines is 1. The van der Waals surface area contributed by atoms with Gasteiger partial charge in [-0.15, -0.1) is 0 Å². The molecule has 4 nitrogen and oxygen atoms in total. The van der Waals surface area contributed by atoms with Crippen LogP contribution in [0.15, 0.2) is 18.2 Å². The van der Waals surface area contributed by atoms with Gasteiger partial charge in [-0.1, -0.05) is 24.9 Å². The fourth-order valence-corrected chi connectivity index (χ4v) is 2.56. The van der Waals surface area contributed by atoms with Gasteiger partial charge < -0.3 is 15.7 Å². The summed E-state index contributed by atoms with van der Waals surface area (Å²) >= 11 is 5.81. The van der Waals surface area contributed by atoms with E-state index in [1.165, 1.54) is 6.07 Å². The normalized spacial score (nSPS) is 23.1. The van der Waals surface area contributed by atoms with Crippen LogP contribution in [0.1, 0.15) is 26.2 Å². The van der Waals surface area contributed by atoms with Gasteiger partial charge in [-0.25, -0.2) is 0 Å². The molecule has 0 aliphatic carbocycles. The largest absolute Gasteiger partial charge is 0.506 e. The maximum Gasteiger partial charge on any atom is 0.241 e. The quantitative estimate of drug-likeness (QED) is 0.747. The van der Waals surface area contributed by atoms with Gasteiger partial charge in [0.05, 0.1) is 11.1 Å². The van der Waals surface area contributed by atoms with Gasteiger partial charge in [0.2, 0.25) is 5.91 Å². The van der Waals surface area contributed by atoms with Crippen molar-refractivity contribution in [3.8, 4) is 5.75 Å². The van der Waals surface area contributed by atoms with Crippen LogP contribution in [0.25, 0.3) is 0 Å². The van der Waals surface area contributed by atoms with Gasteiger partial charge in [0, 0.05) is 5.69 Å². The van der Waals surface area contributed by atoms with Gasteiger partial charge in [-0.3, -0.25) is 4.79 Å². The molecule has 2 rings (SSSR count). The molecule has 1 fully saturated rings. The number of hydrogen-bond acceptors (Lipinski definition) is 3. The number of carbonyl (C=O) groups excluding carboxylic acids is 1. The van der Waals surface area contributed by atoms with Gasteiger partial charge in [-0.05, 0) is 43.5 Å². The molecule has 2 unspecified atom stereocenters. The first-order valence-electron chi connectivity index (χ1n) is 6.63. The van der Waals surface area contributed by atoms with E-state index in [9.17, 15) is 9.90 Å². The number of phenolic OH excluding ortho intramolecular Hbond substituents is 1. The zero-order valence-electron chi connectivity index (χ0n) is 10.9. The maximum atomic E-state index is 12.1. The topological polar surface area (TPSA) is 61.4 Å². The van der Waals surface area contributed by atoms with Crippen LogP contribution in [0.2, 0.25) is 5.02 Å². The van der Waals surface area contributed by atoms with Crippen molar-refractivity contribution in [3.05, 3.63) is 23.2 Å². The standard InChI is InChI=1S/C14H19ClN2O2/c1-2-9-5-6-16-12(7-9)14(19)17-10-3-4-13(18)11(15)8-10/h3-4,8-9,12,16,18H,2,5-7H2,1H3,(H,17,19). The molecule has 0 bridgehead atoms. The van der Waals surface area contributed by atoms with Crippen molar-refractivity contribution in [3.63, 3.8) is 0 Å². The molecule has 1 amide bonds. The highest BCUT2D eigenvalue weighted by atomic mass is 35.5. The number of carbonyl (C=O) groups is 1. The number of amides is 1. The highest BCUT2D eigenvalue weighted by Crippen LogP contribution is 2.26. The molecule has 1 saturated heterocycles. The van der Waals surface area contributed by atoms with Crippen molar-refractivity contribution in [1.29, 1.82) is 0 Å². The molecular weight excluding hydrogens is 264 g/mol. The molecule has 5 heteroatoms. The van der Waals surface area contributed by atoms with Gasteiger partial charge >= 0.3 is 0 Å². The molecule has 1 aromatic carbocycles. The lowest BCUT2D eigenvalue weighted by Crippen LogP contribution is -2.46.